The molecule has 0 saturated carbocycles. The largest absolute Gasteiger partial charge is 0.488 e. The van der Waals surface area contributed by atoms with Crippen molar-refractivity contribution in [3.8, 4) is 5.75 Å². The van der Waals surface area contributed by atoms with Crippen LogP contribution in [0.3, 0.4) is 0 Å². The van der Waals surface area contributed by atoms with Gasteiger partial charge in [-0.25, -0.2) is 4.99 Å². The lowest BCUT2D eigenvalue weighted by molar-refractivity contribution is -0.115. The molecule has 1 N–H and O–H groups in total. The summed E-state index contributed by atoms with van der Waals surface area (Å²) >= 11 is 7.37. The van der Waals surface area contributed by atoms with E-state index in [4.69, 9.17) is 16.3 Å². The average molecular weight is 435 g/mol. The molecule has 30 heavy (non-hydrogen) atoms. The molecular weight excluding hydrogens is 416 g/mol. The number of amides is 1. The Morgan fingerprint density at radius 1 is 1.07 bits per heavy atom. The molecule has 0 aromatic heterocycles. The summed E-state index contributed by atoms with van der Waals surface area (Å²) in [7, 11) is 0. The predicted molar refractivity (Wildman–Crippen MR) is 124 cm³/mol. The number of aryl methyl sites for hydroxylation is 1. The Morgan fingerprint density at radius 3 is 2.67 bits per heavy atom. The summed E-state index contributed by atoms with van der Waals surface area (Å²) in [5.41, 5.74) is 3.64. The van der Waals surface area contributed by atoms with Crippen LogP contribution in [0.4, 0.5) is 5.69 Å². The van der Waals surface area contributed by atoms with E-state index in [9.17, 15) is 4.79 Å². The minimum Gasteiger partial charge on any atom is -0.488 e. The molecule has 0 radical (unpaired) electrons. The zero-order valence-corrected chi connectivity index (χ0v) is 17.8. The van der Waals surface area contributed by atoms with Crippen molar-refractivity contribution in [1.29, 1.82) is 0 Å². The summed E-state index contributed by atoms with van der Waals surface area (Å²) in [5.74, 6) is 0.537. The van der Waals surface area contributed by atoms with Crippen molar-refractivity contribution >= 4 is 46.2 Å². The third kappa shape index (κ3) is 4.93. The van der Waals surface area contributed by atoms with Gasteiger partial charge in [0, 0.05) is 10.6 Å². The molecule has 1 aliphatic heterocycles. The number of nitrogens with zero attached hydrogens (tertiary/aromatic N) is 1. The number of aliphatic imine (C=N–C) groups is 1. The first-order valence-electron chi connectivity index (χ1n) is 9.40. The normalized spacial score (nSPS) is 16.1. The van der Waals surface area contributed by atoms with Crippen LogP contribution in [-0.4, -0.2) is 11.1 Å². The number of hydrogen-bond acceptors (Lipinski definition) is 4. The maximum absolute atomic E-state index is 12.5. The summed E-state index contributed by atoms with van der Waals surface area (Å²) in [5, 5.41) is 3.95. The van der Waals surface area contributed by atoms with E-state index in [0.717, 1.165) is 28.1 Å². The summed E-state index contributed by atoms with van der Waals surface area (Å²) in [6.07, 6.45) is 1.83. The zero-order valence-electron chi connectivity index (χ0n) is 16.3. The van der Waals surface area contributed by atoms with Crippen LogP contribution in [0.5, 0.6) is 5.75 Å². The number of halogens is 1. The Hall–Kier alpha value is -3.02. The number of carbonyl (C=O) groups excluding carboxylic acids is 1. The molecule has 150 valence electrons. The predicted octanol–water partition coefficient (Wildman–Crippen LogP) is 6.12. The number of hydrogen-bond donors (Lipinski definition) is 1. The molecule has 4 nitrogen and oxygen atoms in total. The molecule has 1 amide bonds. The number of rotatable bonds is 5. The SMILES string of the molecule is Cc1ccc(Cl)cc1N=C1NC(=O)/C(=C/c2ccccc2OCc2ccccc2)S1. The van der Waals surface area contributed by atoms with Crippen molar-refractivity contribution < 1.29 is 9.53 Å². The van der Waals surface area contributed by atoms with E-state index in [0.29, 0.717) is 21.7 Å². The molecule has 1 heterocycles. The van der Waals surface area contributed by atoms with Crippen molar-refractivity contribution in [2.45, 2.75) is 13.5 Å². The number of benzene rings is 3. The van der Waals surface area contributed by atoms with Gasteiger partial charge in [0.1, 0.15) is 12.4 Å². The maximum Gasteiger partial charge on any atom is 0.264 e. The Balaban J connectivity index is 1.54. The van der Waals surface area contributed by atoms with Gasteiger partial charge in [-0.1, -0.05) is 66.2 Å². The van der Waals surface area contributed by atoms with Gasteiger partial charge in [-0.05, 0) is 54.1 Å². The van der Waals surface area contributed by atoms with Gasteiger partial charge in [0.2, 0.25) is 0 Å². The van der Waals surface area contributed by atoms with Crippen LogP contribution in [-0.2, 0) is 11.4 Å². The van der Waals surface area contributed by atoms with Gasteiger partial charge in [0.25, 0.3) is 5.91 Å². The van der Waals surface area contributed by atoms with Crippen LogP contribution in [0.2, 0.25) is 5.02 Å². The number of para-hydroxylation sites is 1. The number of carbonyl (C=O) groups is 1. The van der Waals surface area contributed by atoms with Crippen molar-refractivity contribution in [1.82, 2.24) is 5.32 Å². The van der Waals surface area contributed by atoms with Crippen molar-refractivity contribution in [3.05, 3.63) is 99.4 Å². The smallest absolute Gasteiger partial charge is 0.264 e. The van der Waals surface area contributed by atoms with E-state index in [1.807, 2.05) is 79.7 Å². The third-order valence-electron chi connectivity index (χ3n) is 4.49. The van der Waals surface area contributed by atoms with Crippen molar-refractivity contribution in [2.75, 3.05) is 0 Å². The minimum absolute atomic E-state index is 0.184. The lowest BCUT2D eigenvalue weighted by Crippen LogP contribution is -2.19. The minimum atomic E-state index is -0.184. The van der Waals surface area contributed by atoms with Crippen molar-refractivity contribution in [2.24, 2.45) is 4.99 Å². The fourth-order valence-electron chi connectivity index (χ4n) is 2.90. The van der Waals surface area contributed by atoms with E-state index in [2.05, 4.69) is 10.3 Å². The molecule has 1 aliphatic rings. The summed E-state index contributed by atoms with van der Waals surface area (Å²) in [6.45, 7) is 2.41. The van der Waals surface area contributed by atoms with E-state index >= 15 is 0 Å². The van der Waals surface area contributed by atoms with Gasteiger partial charge in [-0.2, -0.15) is 0 Å². The summed E-state index contributed by atoms with van der Waals surface area (Å²) in [4.78, 5) is 17.6. The highest BCUT2D eigenvalue weighted by Gasteiger charge is 2.24. The quantitative estimate of drug-likeness (QED) is 0.492. The maximum atomic E-state index is 12.5. The monoisotopic (exact) mass is 434 g/mol. The van der Waals surface area contributed by atoms with Crippen LogP contribution < -0.4 is 10.1 Å². The van der Waals surface area contributed by atoms with Gasteiger partial charge in [-0.15, -0.1) is 0 Å². The Morgan fingerprint density at radius 2 is 1.83 bits per heavy atom. The molecule has 0 bridgehead atoms. The zero-order chi connectivity index (χ0) is 20.9. The van der Waals surface area contributed by atoms with Gasteiger partial charge < -0.3 is 10.1 Å². The Kier molecular flexibility index (Phi) is 6.21. The molecule has 4 rings (SSSR count). The van der Waals surface area contributed by atoms with Crippen LogP contribution in [0, 0.1) is 6.92 Å². The first-order valence-corrected chi connectivity index (χ1v) is 10.6. The van der Waals surface area contributed by atoms with E-state index in [1.54, 1.807) is 6.07 Å². The molecule has 1 fully saturated rings. The molecule has 3 aromatic rings. The van der Waals surface area contributed by atoms with Crippen LogP contribution in [0.15, 0.2) is 82.7 Å². The second-order valence-corrected chi connectivity index (χ2v) is 8.19. The number of thioether (sulfide) groups is 1. The Bertz CT molecular complexity index is 1140. The van der Waals surface area contributed by atoms with Gasteiger partial charge >= 0.3 is 0 Å². The second kappa shape index (κ2) is 9.20. The first-order chi connectivity index (χ1) is 14.6. The fourth-order valence-corrected chi connectivity index (χ4v) is 3.89. The molecule has 1 saturated heterocycles. The highest BCUT2D eigenvalue weighted by Crippen LogP contribution is 2.32. The molecule has 0 unspecified atom stereocenters. The lowest BCUT2D eigenvalue weighted by atomic mass is 10.2. The number of nitrogens with one attached hydrogen (secondary N) is 1. The van der Waals surface area contributed by atoms with Crippen LogP contribution in [0.1, 0.15) is 16.7 Å². The molecule has 0 atom stereocenters. The van der Waals surface area contributed by atoms with E-state index in [1.165, 1.54) is 11.8 Å². The van der Waals surface area contributed by atoms with Gasteiger partial charge in [0.15, 0.2) is 5.17 Å². The number of ether oxygens (including phenoxy) is 1. The average Bonchev–Trinajstić information content (AvgIpc) is 3.09. The third-order valence-corrected chi connectivity index (χ3v) is 5.63. The standard InChI is InChI=1S/C24H19ClN2O2S/c1-16-11-12-19(25)14-20(16)26-24-27-23(28)22(30-24)13-18-9-5-6-10-21(18)29-15-17-7-3-2-4-8-17/h2-14H,15H2,1H3,(H,26,27,28)/b22-13-. The topological polar surface area (TPSA) is 50.7 Å². The van der Waals surface area contributed by atoms with Gasteiger partial charge in [-0.3, -0.25) is 4.79 Å². The first kappa shape index (κ1) is 20.3. The van der Waals surface area contributed by atoms with Crippen LogP contribution >= 0.6 is 23.4 Å². The molecule has 0 aliphatic carbocycles. The van der Waals surface area contributed by atoms with Crippen LogP contribution in [0.25, 0.3) is 6.08 Å². The molecule has 0 spiro atoms. The highest BCUT2D eigenvalue weighted by atomic mass is 35.5. The summed E-state index contributed by atoms with van der Waals surface area (Å²) in [6, 6.07) is 23.1. The molecule has 6 heteroatoms. The molecular formula is C24H19ClN2O2S. The fraction of sp³-hybridized carbons (Fsp3) is 0.0833. The van der Waals surface area contributed by atoms with E-state index < -0.39 is 0 Å². The van der Waals surface area contributed by atoms with E-state index in [-0.39, 0.29) is 5.91 Å². The number of amidine groups is 1. The summed E-state index contributed by atoms with van der Waals surface area (Å²) < 4.78 is 5.99. The molecule has 3 aromatic carbocycles. The Labute approximate surface area is 184 Å². The van der Waals surface area contributed by atoms with Crippen molar-refractivity contribution in [3.63, 3.8) is 0 Å². The second-order valence-electron chi connectivity index (χ2n) is 6.72. The lowest BCUT2D eigenvalue weighted by Gasteiger charge is -2.09. The van der Waals surface area contributed by atoms with Gasteiger partial charge in [0.05, 0.1) is 10.6 Å². The highest BCUT2D eigenvalue weighted by molar-refractivity contribution is 8.18.